The molecule has 1 aliphatic heterocycles. The van der Waals surface area contributed by atoms with Crippen LogP contribution in [-0.4, -0.2) is 22.8 Å². The number of pyridine rings is 1. The first-order valence-electron chi connectivity index (χ1n) is 7.63. The Morgan fingerprint density at radius 1 is 1.32 bits per heavy atom. The van der Waals surface area contributed by atoms with Crippen molar-refractivity contribution in [3.8, 4) is 11.5 Å². The normalized spacial score (nSPS) is 15.6. The van der Waals surface area contributed by atoms with Crippen LogP contribution in [0.15, 0.2) is 69.3 Å². The molecule has 2 aromatic rings. The van der Waals surface area contributed by atoms with Crippen molar-refractivity contribution >= 4 is 23.5 Å². The number of rotatable bonds is 4. The van der Waals surface area contributed by atoms with Gasteiger partial charge in [-0.2, -0.15) is 0 Å². The maximum atomic E-state index is 12.5. The summed E-state index contributed by atoms with van der Waals surface area (Å²) >= 11 is 0. The molecule has 0 bridgehead atoms. The number of hydrogen-bond donors (Lipinski definition) is 3. The van der Waals surface area contributed by atoms with Crippen molar-refractivity contribution in [3.63, 3.8) is 0 Å². The largest absolute Gasteiger partial charge is 0.463 e. The molecule has 3 rings (SSSR count). The van der Waals surface area contributed by atoms with E-state index >= 15 is 0 Å². The summed E-state index contributed by atoms with van der Waals surface area (Å²) < 4.78 is 5.28. The van der Waals surface area contributed by atoms with E-state index in [0.717, 1.165) is 17.6 Å². The van der Waals surface area contributed by atoms with Gasteiger partial charge in [-0.1, -0.05) is 0 Å². The van der Waals surface area contributed by atoms with Crippen LogP contribution in [-0.2, 0) is 4.79 Å². The smallest absolute Gasteiger partial charge is 0.261 e. The number of hydrogen-bond acceptors (Lipinski definition) is 6. The Bertz CT molecular complexity index is 890. The highest BCUT2D eigenvalue weighted by atomic mass is 16.3. The minimum absolute atomic E-state index is 0.141. The van der Waals surface area contributed by atoms with Crippen LogP contribution in [0.25, 0.3) is 11.5 Å². The molecule has 0 aromatic carbocycles. The van der Waals surface area contributed by atoms with Crippen molar-refractivity contribution in [1.29, 1.82) is 5.41 Å². The zero-order chi connectivity index (χ0) is 17.8. The molecule has 7 heteroatoms. The van der Waals surface area contributed by atoms with Crippen molar-refractivity contribution < 1.29 is 9.21 Å². The Labute approximate surface area is 144 Å². The first-order chi connectivity index (χ1) is 12.1. The van der Waals surface area contributed by atoms with Crippen LogP contribution < -0.4 is 10.6 Å². The molecule has 0 radical (unpaired) electrons. The molecule has 3 heterocycles. The van der Waals surface area contributed by atoms with E-state index in [-0.39, 0.29) is 5.57 Å². The minimum atomic E-state index is -0.434. The molecule has 1 aliphatic rings. The molecule has 3 N–H and O–H groups in total. The van der Waals surface area contributed by atoms with Crippen LogP contribution in [0.3, 0.4) is 0 Å². The van der Waals surface area contributed by atoms with Crippen LogP contribution in [0.2, 0.25) is 0 Å². The number of carbonyl (C=O) groups excluding carboxylic acids is 1. The van der Waals surface area contributed by atoms with E-state index in [4.69, 9.17) is 9.83 Å². The molecular formula is C18H17N5O2. The lowest BCUT2D eigenvalue weighted by molar-refractivity contribution is -0.112. The third kappa shape index (κ3) is 3.72. The van der Waals surface area contributed by atoms with E-state index < -0.39 is 5.91 Å². The Kier molecular flexibility index (Phi) is 4.56. The Morgan fingerprint density at radius 2 is 2.16 bits per heavy atom. The molecule has 0 spiro atoms. The number of aliphatic imine (C=N–C) groups is 1. The van der Waals surface area contributed by atoms with Gasteiger partial charge in [0.2, 0.25) is 0 Å². The zero-order valence-electron chi connectivity index (χ0n) is 13.8. The second-order valence-corrected chi connectivity index (χ2v) is 5.48. The van der Waals surface area contributed by atoms with Crippen LogP contribution in [0.4, 0.5) is 5.69 Å². The molecule has 25 heavy (non-hydrogen) atoms. The molecule has 7 nitrogen and oxygen atoms in total. The van der Waals surface area contributed by atoms with Crippen molar-refractivity contribution in [3.05, 3.63) is 59.9 Å². The van der Waals surface area contributed by atoms with E-state index in [1.54, 1.807) is 24.5 Å². The van der Waals surface area contributed by atoms with Gasteiger partial charge in [0.25, 0.3) is 5.91 Å². The number of furan rings is 1. The molecule has 2 aromatic heterocycles. The minimum Gasteiger partial charge on any atom is -0.463 e. The quantitative estimate of drug-likeness (QED) is 0.590. The predicted molar refractivity (Wildman–Crippen MR) is 96.4 cm³/mol. The van der Waals surface area contributed by atoms with Crippen molar-refractivity contribution in [1.82, 2.24) is 10.3 Å². The Hall–Kier alpha value is -3.48. The number of anilines is 1. The van der Waals surface area contributed by atoms with Gasteiger partial charge in [-0.25, -0.2) is 4.99 Å². The second kappa shape index (κ2) is 6.96. The SMILES string of the molecule is CC1=CC(C)=N/C(=C(/C=N)C(=O)Nc2ccc(-c3ccco3)nc2)N1. The third-order valence-electron chi connectivity index (χ3n) is 3.47. The molecule has 0 fully saturated rings. The van der Waals surface area contributed by atoms with Gasteiger partial charge in [0.15, 0.2) is 5.76 Å². The predicted octanol–water partition coefficient (Wildman–Crippen LogP) is 3.11. The summed E-state index contributed by atoms with van der Waals surface area (Å²) in [4.78, 5) is 21.0. The summed E-state index contributed by atoms with van der Waals surface area (Å²) in [7, 11) is 0. The van der Waals surface area contributed by atoms with Gasteiger partial charge >= 0.3 is 0 Å². The third-order valence-corrected chi connectivity index (χ3v) is 3.47. The van der Waals surface area contributed by atoms with Crippen LogP contribution in [0, 0.1) is 5.41 Å². The van der Waals surface area contributed by atoms with Gasteiger partial charge in [0.1, 0.15) is 11.5 Å². The van der Waals surface area contributed by atoms with Gasteiger partial charge < -0.3 is 20.5 Å². The lowest BCUT2D eigenvalue weighted by atomic mass is 10.2. The van der Waals surface area contributed by atoms with Crippen LogP contribution in [0.5, 0.6) is 0 Å². The highest BCUT2D eigenvalue weighted by Gasteiger charge is 2.16. The van der Waals surface area contributed by atoms with Crippen molar-refractivity contribution in [2.45, 2.75) is 13.8 Å². The zero-order valence-corrected chi connectivity index (χ0v) is 13.8. The molecule has 0 saturated carbocycles. The summed E-state index contributed by atoms with van der Waals surface area (Å²) in [6, 6.07) is 7.07. The maximum Gasteiger partial charge on any atom is 0.261 e. The average Bonchev–Trinajstić information content (AvgIpc) is 3.10. The topological polar surface area (TPSA) is 103 Å². The maximum absolute atomic E-state index is 12.5. The lowest BCUT2D eigenvalue weighted by Gasteiger charge is -2.16. The average molecular weight is 335 g/mol. The highest BCUT2D eigenvalue weighted by Crippen LogP contribution is 2.19. The number of allylic oxidation sites excluding steroid dienone is 2. The highest BCUT2D eigenvalue weighted by molar-refractivity contribution is 6.18. The first kappa shape index (κ1) is 16.4. The fourth-order valence-corrected chi connectivity index (χ4v) is 2.38. The second-order valence-electron chi connectivity index (χ2n) is 5.48. The summed E-state index contributed by atoms with van der Waals surface area (Å²) in [5.41, 5.74) is 2.96. The van der Waals surface area contributed by atoms with E-state index in [1.807, 2.05) is 26.0 Å². The Balaban J connectivity index is 1.79. The molecule has 126 valence electrons. The van der Waals surface area contributed by atoms with E-state index in [9.17, 15) is 4.79 Å². The molecule has 0 unspecified atom stereocenters. The molecule has 0 aliphatic carbocycles. The molecule has 1 amide bonds. The first-order valence-corrected chi connectivity index (χ1v) is 7.63. The molecular weight excluding hydrogens is 318 g/mol. The van der Waals surface area contributed by atoms with E-state index in [1.165, 1.54) is 6.20 Å². The fourth-order valence-electron chi connectivity index (χ4n) is 2.38. The van der Waals surface area contributed by atoms with E-state index in [2.05, 4.69) is 20.6 Å². The summed E-state index contributed by atoms with van der Waals surface area (Å²) in [5, 5.41) is 13.3. The van der Waals surface area contributed by atoms with Gasteiger partial charge in [-0.15, -0.1) is 0 Å². The van der Waals surface area contributed by atoms with Crippen molar-refractivity contribution in [2.24, 2.45) is 4.99 Å². The lowest BCUT2D eigenvalue weighted by Crippen LogP contribution is -2.24. The summed E-state index contributed by atoms with van der Waals surface area (Å²) in [5.74, 6) is 0.570. The summed E-state index contributed by atoms with van der Waals surface area (Å²) in [6.07, 6.45) is 5.96. The van der Waals surface area contributed by atoms with Gasteiger partial charge in [-0.05, 0) is 44.2 Å². The molecule has 0 atom stereocenters. The van der Waals surface area contributed by atoms with E-state index in [0.29, 0.717) is 23.0 Å². The number of nitrogens with one attached hydrogen (secondary N) is 3. The van der Waals surface area contributed by atoms with Crippen LogP contribution >= 0.6 is 0 Å². The standard InChI is InChI=1S/C18H17N5O2/c1-11-8-12(2)22-17(21-11)14(9-19)18(24)23-13-5-6-15(20-10-13)16-4-3-7-25-16/h3-10,19,21H,1-2H3,(H,23,24)/b17-14-,19-9?. The number of aromatic nitrogens is 1. The fraction of sp³-hybridized carbons (Fsp3) is 0.111. The molecule has 0 saturated heterocycles. The number of carbonyl (C=O) groups is 1. The Morgan fingerprint density at radius 3 is 2.76 bits per heavy atom. The monoisotopic (exact) mass is 335 g/mol. The number of nitrogens with zero attached hydrogens (tertiary/aromatic N) is 2. The summed E-state index contributed by atoms with van der Waals surface area (Å²) in [6.45, 7) is 3.70. The van der Waals surface area contributed by atoms with Gasteiger partial charge in [0, 0.05) is 17.6 Å². The van der Waals surface area contributed by atoms with Crippen LogP contribution in [0.1, 0.15) is 13.8 Å². The van der Waals surface area contributed by atoms with Gasteiger partial charge in [-0.3, -0.25) is 9.78 Å². The number of amides is 1. The van der Waals surface area contributed by atoms with Gasteiger partial charge in [0.05, 0.1) is 23.7 Å². The van der Waals surface area contributed by atoms with Crippen molar-refractivity contribution in [2.75, 3.05) is 5.32 Å².